The molecule has 1 aromatic rings. The largest absolute Gasteiger partial charge is 0.508 e. The van der Waals surface area contributed by atoms with Gasteiger partial charge in [0.05, 0.1) is 25.2 Å². The van der Waals surface area contributed by atoms with E-state index in [-0.39, 0.29) is 37.3 Å². The molecule has 394 valence electrons. The number of nitrogens with zero attached hydrogens (tertiary/aromatic N) is 1. The highest BCUT2D eigenvalue weighted by Gasteiger charge is 2.41. The third kappa shape index (κ3) is 19.9. The third-order valence-electron chi connectivity index (χ3n) is 10.6. The molecule has 0 bridgehead atoms. The molecule has 1 aliphatic rings. The number of aliphatic hydroxyl groups excluding tert-OH is 2. The van der Waals surface area contributed by atoms with Gasteiger partial charge in [-0.15, -0.1) is 0 Å². The van der Waals surface area contributed by atoms with E-state index in [0.29, 0.717) is 5.56 Å². The summed E-state index contributed by atoms with van der Waals surface area (Å²) in [4.78, 5) is 155. The molecule has 1 heterocycles. The van der Waals surface area contributed by atoms with Gasteiger partial charge in [-0.3, -0.25) is 52.7 Å². The number of hydrogen-bond acceptors (Lipinski definition) is 18. The lowest BCUT2D eigenvalue weighted by Gasteiger charge is -2.31. The van der Waals surface area contributed by atoms with E-state index < -0.39 is 176 Å². The molecule has 17 N–H and O–H groups in total. The Morgan fingerprint density at radius 2 is 1.20 bits per heavy atom. The number of rotatable bonds is 30. The van der Waals surface area contributed by atoms with Crippen LogP contribution in [-0.4, -0.2) is 192 Å². The molecule has 2 rings (SSSR count). The van der Waals surface area contributed by atoms with Crippen LogP contribution in [0.25, 0.3) is 0 Å². The van der Waals surface area contributed by atoms with Crippen LogP contribution in [-0.2, 0) is 64.0 Å². The Labute approximate surface area is 416 Å². The maximum absolute atomic E-state index is 14.3. The summed E-state index contributed by atoms with van der Waals surface area (Å²) in [5.41, 5.74) is 11.4. The van der Waals surface area contributed by atoms with Crippen LogP contribution in [0.3, 0.4) is 0 Å². The van der Waals surface area contributed by atoms with Gasteiger partial charge in [-0.05, 0) is 50.3 Å². The van der Waals surface area contributed by atoms with Crippen molar-refractivity contribution in [3.05, 3.63) is 29.8 Å². The molecule has 0 unspecified atom stereocenters. The van der Waals surface area contributed by atoms with Crippen molar-refractivity contribution >= 4 is 96.3 Å². The maximum atomic E-state index is 14.3. The average Bonchev–Trinajstić information content (AvgIpc) is 3.81. The van der Waals surface area contributed by atoms with Crippen molar-refractivity contribution < 1.29 is 88.2 Å². The molecule has 1 aromatic carbocycles. The number of likely N-dealkylation sites (tertiary alicyclic amines) is 1. The zero-order valence-corrected chi connectivity index (χ0v) is 39.9. The van der Waals surface area contributed by atoms with E-state index in [0.717, 1.165) is 11.8 Å². The van der Waals surface area contributed by atoms with Crippen molar-refractivity contribution in [3.8, 4) is 5.75 Å². The number of phenolic OH excluding ortho intramolecular Hbond substituents is 1. The number of benzene rings is 1. The second-order valence-corrected chi connectivity index (χ2v) is 16.9. The third-order valence-corrected chi connectivity index (χ3v) is 11.4. The Balaban J connectivity index is 2.38. The molecule has 9 amide bonds. The Kier molecular flexibility index (Phi) is 25.0. The summed E-state index contributed by atoms with van der Waals surface area (Å²) in [6, 6.07) is -9.29. The minimum atomic E-state index is -1.85. The number of aliphatic carboxylic acids is 3. The highest BCUT2D eigenvalue weighted by Crippen LogP contribution is 2.21. The van der Waals surface area contributed by atoms with Crippen LogP contribution >= 0.6 is 25.3 Å². The first-order chi connectivity index (χ1) is 33.3. The summed E-state index contributed by atoms with van der Waals surface area (Å²) in [6.07, 6.45) is -4.95. The van der Waals surface area contributed by atoms with Gasteiger partial charge in [-0.25, -0.2) is 4.79 Å². The van der Waals surface area contributed by atoms with Crippen LogP contribution in [0.4, 0.5) is 0 Å². The average molecular weight is 1050 g/mol. The number of amides is 9. The number of nitrogens with two attached hydrogens (primary N) is 2. The van der Waals surface area contributed by atoms with Gasteiger partial charge in [0.25, 0.3) is 0 Å². The van der Waals surface area contributed by atoms with Gasteiger partial charge in [-0.1, -0.05) is 12.1 Å². The van der Waals surface area contributed by atoms with E-state index in [1.54, 1.807) is 0 Å². The van der Waals surface area contributed by atoms with Crippen LogP contribution < -0.4 is 48.7 Å². The Morgan fingerprint density at radius 1 is 0.676 bits per heavy atom. The summed E-state index contributed by atoms with van der Waals surface area (Å²) in [5, 5.41) is 73.0. The highest BCUT2D eigenvalue weighted by atomic mass is 32.1. The topological polar surface area (TPSA) is 466 Å². The van der Waals surface area contributed by atoms with Crippen molar-refractivity contribution in [2.45, 2.75) is 119 Å². The molecular formula is C41H60N10O18S2. The van der Waals surface area contributed by atoms with Crippen LogP contribution in [0.2, 0.25) is 0 Å². The number of primary amides is 1. The number of aliphatic hydroxyl groups is 2. The molecule has 0 spiro atoms. The molecule has 1 fully saturated rings. The first-order valence-corrected chi connectivity index (χ1v) is 23.0. The van der Waals surface area contributed by atoms with E-state index in [4.69, 9.17) is 11.5 Å². The molecule has 1 aliphatic heterocycles. The molecule has 28 nitrogen and oxygen atoms in total. The number of carbonyl (C=O) groups excluding carboxylic acids is 9. The number of aromatic hydroxyl groups is 1. The first kappa shape index (κ1) is 60.4. The van der Waals surface area contributed by atoms with Crippen LogP contribution in [0.1, 0.15) is 57.4 Å². The first-order valence-electron chi connectivity index (χ1n) is 21.8. The number of phenols is 1. The second kappa shape index (κ2) is 29.4. The maximum Gasteiger partial charge on any atom is 0.328 e. The van der Waals surface area contributed by atoms with E-state index in [2.05, 4.69) is 57.2 Å². The van der Waals surface area contributed by atoms with Gasteiger partial charge in [0.2, 0.25) is 53.2 Å². The number of hydrogen-bond donors (Lipinski definition) is 17. The summed E-state index contributed by atoms with van der Waals surface area (Å²) < 4.78 is 0. The number of carboxylic acid groups (broad SMARTS) is 3. The predicted molar refractivity (Wildman–Crippen MR) is 250 cm³/mol. The Morgan fingerprint density at radius 3 is 1.73 bits per heavy atom. The minimum absolute atomic E-state index is 0.00584. The fourth-order valence-corrected chi connectivity index (χ4v) is 7.22. The quantitative estimate of drug-likeness (QED) is 0.0319. The number of carboxylic acids is 3. The highest BCUT2D eigenvalue weighted by molar-refractivity contribution is 7.80. The minimum Gasteiger partial charge on any atom is -0.508 e. The Hall–Kier alpha value is -6.76. The molecule has 71 heavy (non-hydrogen) atoms. The van der Waals surface area contributed by atoms with E-state index >= 15 is 0 Å². The lowest BCUT2D eigenvalue weighted by Crippen LogP contribution is -2.61. The van der Waals surface area contributed by atoms with Crippen LogP contribution in [0.15, 0.2) is 24.3 Å². The summed E-state index contributed by atoms with van der Waals surface area (Å²) in [6.45, 7) is -0.158. The summed E-state index contributed by atoms with van der Waals surface area (Å²) in [7, 11) is 0. The lowest BCUT2D eigenvalue weighted by molar-refractivity contribution is -0.145. The van der Waals surface area contributed by atoms with Gasteiger partial charge in [-0.2, -0.15) is 25.3 Å². The van der Waals surface area contributed by atoms with Gasteiger partial charge in [0.15, 0.2) is 6.04 Å². The van der Waals surface area contributed by atoms with E-state index in [1.165, 1.54) is 24.3 Å². The zero-order valence-electron chi connectivity index (χ0n) is 38.1. The second-order valence-electron chi connectivity index (χ2n) is 16.2. The van der Waals surface area contributed by atoms with Crippen molar-refractivity contribution in [2.24, 2.45) is 11.5 Å². The zero-order chi connectivity index (χ0) is 53.7. The van der Waals surface area contributed by atoms with Gasteiger partial charge >= 0.3 is 17.9 Å². The number of thiol groups is 2. The molecule has 0 saturated carbocycles. The van der Waals surface area contributed by atoms with Gasteiger partial charge < -0.3 is 84.2 Å². The predicted octanol–water partition coefficient (Wildman–Crippen LogP) is -6.43. The number of nitrogens with one attached hydrogen (secondary N) is 7. The van der Waals surface area contributed by atoms with Gasteiger partial charge in [0.1, 0.15) is 48.0 Å². The summed E-state index contributed by atoms with van der Waals surface area (Å²) in [5.74, 6) is -14.9. The molecule has 0 aliphatic carbocycles. The van der Waals surface area contributed by atoms with Crippen molar-refractivity contribution in [2.75, 3.05) is 24.7 Å². The van der Waals surface area contributed by atoms with E-state index in [9.17, 15) is 88.2 Å². The molecule has 1 saturated heterocycles. The fraction of sp³-hybridized carbons (Fsp3) is 0.561. The molecule has 10 atom stereocenters. The molecule has 30 heteroatoms. The fourth-order valence-electron chi connectivity index (χ4n) is 6.79. The van der Waals surface area contributed by atoms with Crippen LogP contribution in [0.5, 0.6) is 5.75 Å². The molecule has 0 radical (unpaired) electrons. The normalized spacial score (nSPS) is 16.9. The van der Waals surface area contributed by atoms with E-state index in [1.807, 2.05) is 5.32 Å². The number of carbonyl (C=O) groups is 12. The standard InChI is InChI=1S/C41H60N10O18S2/c1-18(53)32(41(68)69)50-37(64)26(15-52)48-34(61)22(9-11-30(56)57)44-38(65)27(17-71)49-39(66)28-3-2-12-51(28)40(67)23(8-10-29(43)55)45-35(62)24(13-19-4-6-20(54)7-5-19)47-36(63)25(14-31(58)59)46-33(60)21(42)16-70/h4-7,18,21-28,32,52-54,70-71H,2-3,8-17,42H2,1H3,(H2,43,55)(H,44,65)(H,45,62)(H,46,60)(H,47,63)(H,48,61)(H,49,66)(H,50,64)(H,56,57)(H,58,59)(H,68,69)/t18-,21-,22-,23+,24-,25-,26-,27-,28+,32+/m0/s1. The molecular weight excluding hydrogens is 985 g/mol. The smallest absolute Gasteiger partial charge is 0.328 e. The monoisotopic (exact) mass is 1040 g/mol. The summed E-state index contributed by atoms with van der Waals surface area (Å²) >= 11 is 8.04. The van der Waals surface area contributed by atoms with Crippen molar-refractivity contribution in [1.29, 1.82) is 0 Å². The van der Waals surface area contributed by atoms with Gasteiger partial charge in [0, 0.05) is 37.3 Å². The van der Waals surface area contributed by atoms with Crippen molar-refractivity contribution in [3.63, 3.8) is 0 Å². The lowest BCUT2D eigenvalue weighted by atomic mass is 10.0. The molecule has 0 aromatic heterocycles. The van der Waals surface area contributed by atoms with Crippen molar-refractivity contribution in [1.82, 2.24) is 42.1 Å². The van der Waals surface area contributed by atoms with Crippen LogP contribution in [0, 0.1) is 0 Å². The Bertz CT molecular complexity index is 2120. The SMILES string of the molecule is C[C@H](O)[C@@H](NC(=O)[C@H](CO)NC(=O)[C@H](CCC(=O)O)NC(=O)[C@H](CS)NC(=O)[C@H]1CCCN1C(=O)[C@@H](CCC(N)=O)NC(=O)[C@H](Cc1ccc(O)cc1)NC(=O)[C@H](CC(=O)O)NC(=O)[C@@H](N)CS)C(=O)O.